The zero-order chi connectivity index (χ0) is 13.1. The van der Waals surface area contributed by atoms with Crippen LogP contribution in [0.3, 0.4) is 0 Å². The van der Waals surface area contributed by atoms with Gasteiger partial charge in [-0.25, -0.2) is 4.79 Å². The lowest BCUT2D eigenvalue weighted by atomic mass is 10.1. The molecule has 0 amide bonds. The van der Waals surface area contributed by atoms with Crippen molar-refractivity contribution in [3.8, 4) is 16.9 Å². The Morgan fingerprint density at radius 1 is 1.39 bits per heavy atom. The van der Waals surface area contributed by atoms with Crippen LogP contribution in [-0.4, -0.2) is 28.2 Å². The van der Waals surface area contributed by atoms with Crippen LogP contribution in [0, 0.1) is 6.92 Å². The van der Waals surface area contributed by atoms with Crippen molar-refractivity contribution in [1.29, 1.82) is 0 Å². The van der Waals surface area contributed by atoms with E-state index in [0.29, 0.717) is 17.0 Å². The van der Waals surface area contributed by atoms with E-state index in [9.17, 15) is 4.79 Å². The van der Waals surface area contributed by atoms with Crippen LogP contribution in [-0.2, 0) is 0 Å². The summed E-state index contributed by atoms with van der Waals surface area (Å²) in [6.07, 6.45) is 4.85. The second kappa shape index (κ2) is 4.83. The van der Waals surface area contributed by atoms with E-state index < -0.39 is 5.97 Å². The highest BCUT2D eigenvalue weighted by atomic mass is 16.5. The van der Waals surface area contributed by atoms with Gasteiger partial charge in [0.15, 0.2) is 0 Å². The van der Waals surface area contributed by atoms with Crippen molar-refractivity contribution in [3.05, 3.63) is 42.0 Å². The SMILES string of the molecule is COc1ccncc1-c1cnc(C)c(C(=O)O)c1. The summed E-state index contributed by atoms with van der Waals surface area (Å²) in [5.41, 5.74) is 2.05. The molecule has 5 nitrogen and oxygen atoms in total. The van der Waals surface area contributed by atoms with E-state index in [2.05, 4.69) is 9.97 Å². The van der Waals surface area contributed by atoms with Crippen LogP contribution in [0.2, 0.25) is 0 Å². The molecule has 1 N–H and O–H groups in total. The summed E-state index contributed by atoms with van der Waals surface area (Å²) in [7, 11) is 1.55. The van der Waals surface area contributed by atoms with Crippen molar-refractivity contribution < 1.29 is 14.6 Å². The van der Waals surface area contributed by atoms with Gasteiger partial charge < -0.3 is 9.84 Å². The minimum Gasteiger partial charge on any atom is -0.496 e. The molecule has 0 saturated heterocycles. The summed E-state index contributed by atoms with van der Waals surface area (Å²) in [5.74, 6) is -0.364. The highest BCUT2D eigenvalue weighted by Crippen LogP contribution is 2.29. The number of nitrogens with zero attached hydrogens (tertiary/aromatic N) is 2. The van der Waals surface area contributed by atoms with E-state index in [-0.39, 0.29) is 5.56 Å². The van der Waals surface area contributed by atoms with E-state index in [4.69, 9.17) is 9.84 Å². The average molecular weight is 244 g/mol. The molecular formula is C13H12N2O3. The van der Waals surface area contributed by atoms with Crippen molar-refractivity contribution in [1.82, 2.24) is 9.97 Å². The standard InChI is InChI=1S/C13H12N2O3/c1-8-10(13(16)17)5-9(6-15-8)11-7-14-4-3-12(11)18-2/h3-7H,1-2H3,(H,16,17). The van der Waals surface area contributed by atoms with Crippen molar-refractivity contribution in [2.45, 2.75) is 6.92 Å². The fraction of sp³-hybridized carbons (Fsp3) is 0.154. The number of hydrogen-bond donors (Lipinski definition) is 1. The third kappa shape index (κ3) is 2.15. The first-order chi connectivity index (χ1) is 8.63. The number of pyridine rings is 2. The van der Waals surface area contributed by atoms with E-state index in [1.807, 2.05) is 0 Å². The smallest absolute Gasteiger partial charge is 0.337 e. The quantitative estimate of drug-likeness (QED) is 0.895. The minimum atomic E-state index is -0.996. The maximum Gasteiger partial charge on any atom is 0.337 e. The Bertz CT molecular complexity index is 597. The first-order valence-corrected chi connectivity index (χ1v) is 5.32. The molecule has 2 aromatic heterocycles. The Morgan fingerprint density at radius 2 is 2.17 bits per heavy atom. The van der Waals surface area contributed by atoms with Gasteiger partial charge in [-0.3, -0.25) is 9.97 Å². The van der Waals surface area contributed by atoms with Crippen LogP contribution in [0.1, 0.15) is 16.1 Å². The number of aromatic nitrogens is 2. The van der Waals surface area contributed by atoms with Crippen molar-refractivity contribution in [3.63, 3.8) is 0 Å². The number of rotatable bonds is 3. The van der Waals surface area contributed by atoms with E-state index >= 15 is 0 Å². The fourth-order valence-electron chi connectivity index (χ4n) is 1.67. The molecule has 0 radical (unpaired) electrons. The van der Waals surface area contributed by atoms with Crippen LogP contribution in [0.25, 0.3) is 11.1 Å². The molecule has 2 aromatic rings. The van der Waals surface area contributed by atoms with Gasteiger partial charge in [0.2, 0.25) is 0 Å². The molecule has 0 atom stereocenters. The van der Waals surface area contributed by atoms with Gasteiger partial charge >= 0.3 is 5.97 Å². The van der Waals surface area contributed by atoms with Gasteiger partial charge in [0.05, 0.1) is 18.4 Å². The van der Waals surface area contributed by atoms with Crippen LogP contribution < -0.4 is 4.74 Å². The molecule has 18 heavy (non-hydrogen) atoms. The molecule has 0 aliphatic heterocycles. The second-order valence-corrected chi connectivity index (χ2v) is 3.74. The van der Waals surface area contributed by atoms with Crippen molar-refractivity contribution in [2.75, 3.05) is 7.11 Å². The van der Waals surface area contributed by atoms with Crippen LogP contribution in [0.5, 0.6) is 5.75 Å². The lowest BCUT2D eigenvalue weighted by Gasteiger charge is -2.08. The normalized spacial score (nSPS) is 10.1. The number of carbonyl (C=O) groups is 1. The largest absolute Gasteiger partial charge is 0.496 e. The van der Waals surface area contributed by atoms with Gasteiger partial charge in [-0.2, -0.15) is 0 Å². The number of aryl methyl sites for hydroxylation is 1. The van der Waals surface area contributed by atoms with E-state index in [1.54, 1.807) is 44.8 Å². The lowest BCUT2D eigenvalue weighted by molar-refractivity contribution is 0.0695. The molecule has 0 fully saturated rings. The Balaban J connectivity index is 2.58. The fourth-order valence-corrected chi connectivity index (χ4v) is 1.67. The van der Waals surface area contributed by atoms with Crippen molar-refractivity contribution in [2.24, 2.45) is 0 Å². The van der Waals surface area contributed by atoms with Gasteiger partial charge in [0.25, 0.3) is 0 Å². The summed E-state index contributed by atoms with van der Waals surface area (Å²) in [5, 5.41) is 9.08. The number of methoxy groups -OCH3 is 1. The lowest BCUT2D eigenvalue weighted by Crippen LogP contribution is -2.02. The summed E-state index contributed by atoms with van der Waals surface area (Å²) in [6, 6.07) is 3.29. The number of hydrogen-bond acceptors (Lipinski definition) is 4. The predicted molar refractivity (Wildman–Crippen MR) is 65.7 cm³/mol. The topological polar surface area (TPSA) is 72.3 Å². The van der Waals surface area contributed by atoms with E-state index in [0.717, 1.165) is 5.56 Å². The maximum absolute atomic E-state index is 11.1. The summed E-state index contributed by atoms with van der Waals surface area (Å²) < 4.78 is 5.22. The zero-order valence-electron chi connectivity index (χ0n) is 10.0. The van der Waals surface area contributed by atoms with Crippen molar-refractivity contribution >= 4 is 5.97 Å². The predicted octanol–water partition coefficient (Wildman–Crippen LogP) is 2.16. The van der Waals surface area contributed by atoms with Gasteiger partial charge in [0, 0.05) is 29.7 Å². The third-order valence-electron chi connectivity index (χ3n) is 2.63. The maximum atomic E-state index is 11.1. The first-order valence-electron chi connectivity index (χ1n) is 5.32. The number of carboxylic acid groups (broad SMARTS) is 1. The minimum absolute atomic E-state index is 0.179. The Morgan fingerprint density at radius 3 is 2.83 bits per heavy atom. The van der Waals surface area contributed by atoms with Crippen LogP contribution in [0.15, 0.2) is 30.7 Å². The summed E-state index contributed by atoms with van der Waals surface area (Å²) >= 11 is 0. The summed E-state index contributed by atoms with van der Waals surface area (Å²) in [4.78, 5) is 19.2. The van der Waals surface area contributed by atoms with Gasteiger partial charge in [-0.1, -0.05) is 0 Å². The highest BCUT2D eigenvalue weighted by molar-refractivity contribution is 5.90. The molecule has 0 aromatic carbocycles. The molecule has 0 aliphatic carbocycles. The second-order valence-electron chi connectivity index (χ2n) is 3.74. The highest BCUT2D eigenvalue weighted by Gasteiger charge is 2.12. The third-order valence-corrected chi connectivity index (χ3v) is 2.63. The van der Waals surface area contributed by atoms with Gasteiger partial charge in [0.1, 0.15) is 5.75 Å². The molecule has 5 heteroatoms. The summed E-state index contributed by atoms with van der Waals surface area (Å²) in [6.45, 7) is 1.66. The average Bonchev–Trinajstić information content (AvgIpc) is 2.39. The monoisotopic (exact) mass is 244 g/mol. The number of ether oxygens (including phenoxy) is 1. The number of aromatic carboxylic acids is 1. The zero-order valence-corrected chi connectivity index (χ0v) is 10.0. The van der Waals surface area contributed by atoms with Gasteiger partial charge in [-0.15, -0.1) is 0 Å². The Kier molecular flexibility index (Phi) is 3.23. The molecule has 92 valence electrons. The van der Waals surface area contributed by atoms with E-state index in [1.165, 1.54) is 0 Å². The molecule has 0 unspecified atom stereocenters. The van der Waals surface area contributed by atoms with Crippen LogP contribution in [0.4, 0.5) is 0 Å². The molecule has 2 rings (SSSR count). The number of carboxylic acids is 1. The molecule has 0 aliphatic rings. The molecular weight excluding hydrogens is 232 g/mol. The molecule has 2 heterocycles. The Hall–Kier alpha value is -2.43. The molecule has 0 bridgehead atoms. The van der Waals surface area contributed by atoms with Crippen LogP contribution >= 0.6 is 0 Å². The first kappa shape index (κ1) is 12.0. The molecule has 0 spiro atoms. The van der Waals surface area contributed by atoms with Gasteiger partial charge in [-0.05, 0) is 19.1 Å². The Labute approximate surface area is 104 Å². The molecule has 0 saturated carbocycles.